The number of fused-ring (bicyclic) bond motifs is 1. The Morgan fingerprint density at radius 1 is 1.44 bits per heavy atom. The lowest BCUT2D eigenvalue weighted by Gasteiger charge is -2.30. The SMILES string of the molecule is CCC(C)(C)NC(=O)NC[C@]12CCC[C@H]1NCC2. The first-order valence-corrected chi connectivity index (χ1v) is 7.27. The van der Waals surface area contributed by atoms with Gasteiger partial charge >= 0.3 is 6.03 Å². The van der Waals surface area contributed by atoms with Gasteiger partial charge in [0.15, 0.2) is 0 Å². The molecule has 1 aliphatic heterocycles. The van der Waals surface area contributed by atoms with Crippen molar-refractivity contribution in [1.29, 1.82) is 0 Å². The molecule has 104 valence electrons. The van der Waals surface area contributed by atoms with Crippen molar-refractivity contribution in [1.82, 2.24) is 16.0 Å². The van der Waals surface area contributed by atoms with E-state index in [4.69, 9.17) is 0 Å². The third-order valence-electron chi connectivity index (χ3n) is 4.86. The van der Waals surface area contributed by atoms with Gasteiger partial charge in [0.1, 0.15) is 0 Å². The van der Waals surface area contributed by atoms with Gasteiger partial charge in [0.2, 0.25) is 0 Å². The van der Waals surface area contributed by atoms with Crippen LogP contribution < -0.4 is 16.0 Å². The van der Waals surface area contributed by atoms with Crippen LogP contribution in [0.4, 0.5) is 4.79 Å². The molecule has 18 heavy (non-hydrogen) atoms. The molecule has 1 saturated heterocycles. The van der Waals surface area contributed by atoms with Gasteiger partial charge in [-0.15, -0.1) is 0 Å². The Labute approximate surface area is 110 Å². The fourth-order valence-electron chi connectivity index (χ4n) is 3.25. The molecule has 0 aromatic rings. The first-order chi connectivity index (χ1) is 8.47. The smallest absolute Gasteiger partial charge is 0.315 e. The summed E-state index contributed by atoms with van der Waals surface area (Å²) in [5, 5.41) is 9.69. The molecule has 0 aromatic carbocycles. The summed E-state index contributed by atoms with van der Waals surface area (Å²) in [6.07, 6.45) is 5.96. The maximum absolute atomic E-state index is 11.9. The molecule has 3 N–H and O–H groups in total. The van der Waals surface area contributed by atoms with E-state index in [0.29, 0.717) is 11.5 Å². The van der Waals surface area contributed by atoms with E-state index in [0.717, 1.165) is 19.5 Å². The summed E-state index contributed by atoms with van der Waals surface area (Å²) in [5.74, 6) is 0. The minimum atomic E-state index is -0.120. The Morgan fingerprint density at radius 3 is 2.94 bits per heavy atom. The van der Waals surface area contributed by atoms with E-state index in [1.54, 1.807) is 0 Å². The van der Waals surface area contributed by atoms with Crippen LogP contribution in [0.15, 0.2) is 0 Å². The van der Waals surface area contributed by atoms with Crippen LogP contribution in [0.1, 0.15) is 52.9 Å². The van der Waals surface area contributed by atoms with Crippen molar-refractivity contribution < 1.29 is 4.79 Å². The summed E-state index contributed by atoms with van der Waals surface area (Å²) in [7, 11) is 0. The number of hydrogen-bond acceptors (Lipinski definition) is 2. The highest BCUT2D eigenvalue weighted by Gasteiger charge is 2.46. The van der Waals surface area contributed by atoms with Gasteiger partial charge in [-0.05, 0) is 46.1 Å². The molecule has 0 radical (unpaired) electrons. The van der Waals surface area contributed by atoms with E-state index in [-0.39, 0.29) is 11.6 Å². The number of carbonyl (C=O) groups is 1. The van der Waals surface area contributed by atoms with E-state index < -0.39 is 0 Å². The fourth-order valence-corrected chi connectivity index (χ4v) is 3.25. The van der Waals surface area contributed by atoms with Crippen LogP contribution in [-0.4, -0.2) is 30.7 Å². The molecule has 0 aromatic heterocycles. The second-order valence-corrected chi connectivity index (χ2v) is 6.56. The third kappa shape index (κ3) is 2.79. The topological polar surface area (TPSA) is 53.2 Å². The molecule has 2 rings (SSSR count). The summed E-state index contributed by atoms with van der Waals surface area (Å²) < 4.78 is 0. The first kappa shape index (κ1) is 13.7. The minimum Gasteiger partial charge on any atom is -0.338 e. The van der Waals surface area contributed by atoms with E-state index in [2.05, 4.69) is 36.7 Å². The third-order valence-corrected chi connectivity index (χ3v) is 4.86. The number of urea groups is 1. The Kier molecular flexibility index (Phi) is 3.85. The van der Waals surface area contributed by atoms with Crippen molar-refractivity contribution in [2.45, 2.75) is 64.5 Å². The highest BCUT2D eigenvalue weighted by atomic mass is 16.2. The minimum absolute atomic E-state index is 0.0197. The lowest BCUT2D eigenvalue weighted by atomic mass is 9.82. The summed E-state index contributed by atoms with van der Waals surface area (Å²) in [6.45, 7) is 8.12. The summed E-state index contributed by atoms with van der Waals surface area (Å²) in [5.41, 5.74) is 0.207. The highest BCUT2D eigenvalue weighted by molar-refractivity contribution is 5.74. The number of nitrogens with one attached hydrogen (secondary N) is 3. The summed E-state index contributed by atoms with van der Waals surface area (Å²) in [6, 6.07) is 0.603. The van der Waals surface area contributed by atoms with Crippen LogP contribution >= 0.6 is 0 Å². The molecule has 0 bridgehead atoms. The van der Waals surface area contributed by atoms with Crippen LogP contribution in [0, 0.1) is 5.41 Å². The molecule has 4 heteroatoms. The van der Waals surface area contributed by atoms with Crippen molar-refractivity contribution in [3.8, 4) is 0 Å². The van der Waals surface area contributed by atoms with Crippen LogP contribution in [0.25, 0.3) is 0 Å². The van der Waals surface area contributed by atoms with E-state index in [9.17, 15) is 4.79 Å². The second-order valence-electron chi connectivity index (χ2n) is 6.56. The van der Waals surface area contributed by atoms with Crippen molar-refractivity contribution in [2.75, 3.05) is 13.1 Å². The predicted molar refractivity (Wildman–Crippen MR) is 73.6 cm³/mol. The molecule has 2 amide bonds. The molecule has 0 spiro atoms. The summed E-state index contributed by atoms with van der Waals surface area (Å²) in [4.78, 5) is 11.9. The monoisotopic (exact) mass is 253 g/mol. The van der Waals surface area contributed by atoms with Crippen LogP contribution in [0.5, 0.6) is 0 Å². The van der Waals surface area contributed by atoms with Gasteiger partial charge in [-0.1, -0.05) is 13.3 Å². The zero-order valence-electron chi connectivity index (χ0n) is 11.9. The van der Waals surface area contributed by atoms with Gasteiger partial charge in [0.05, 0.1) is 0 Å². The van der Waals surface area contributed by atoms with Crippen molar-refractivity contribution in [3.05, 3.63) is 0 Å². The average Bonchev–Trinajstić information content (AvgIpc) is 2.85. The zero-order valence-corrected chi connectivity index (χ0v) is 11.9. The first-order valence-electron chi connectivity index (χ1n) is 7.27. The molecule has 4 nitrogen and oxygen atoms in total. The predicted octanol–water partition coefficient (Wildman–Crippen LogP) is 2.01. The van der Waals surface area contributed by atoms with Gasteiger partial charge in [-0.3, -0.25) is 0 Å². The van der Waals surface area contributed by atoms with Gasteiger partial charge in [0, 0.05) is 23.5 Å². The summed E-state index contributed by atoms with van der Waals surface area (Å²) >= 11 is 0. The van der Waals surface area contributed by atoms with Crippen LogP contribution in [0.2, 0.25) is 0 Å². The fraction of sp³-hybridized carbons (Fsp3) is 0.929. The van der Waals surface area contributed by atoms with Crippen LogP contribution in [0.3, 0.4) is 0 Å². The zero-order chi connectivity index (χ0) is 13.2. The molecular weight excluding hydrogens is 226 g/mol. The van der Waals surface area contributed by atoms with Gasteiger partial charge in [-0.2, -0.15) is 0 Å². The maximum Gasteiger partial charge on any atom is 0.315 e. The Balaban J connectivity index is 1.82. The number of rotatable bonds is 4. The van der Waals surface area contributed by atoms with E-state index in [1.807, 2.05) is 0 Å². The Morgan fingerprint density at radius 2 is 2.22 bits per heavy atom. The molecule has 1 heterocycles. The molecule has 2 aliphatic rings. The molecular formula is C14H27N3O. The number of carbonyl (C=O) groups excluding carboxylic acids is 1. The second kappa shape index (κ2) is 5.08. The van der Waals surface area contributed by atoms with Crippen molar-refractivity contribution in [3.63, 3.8) is 0 Å². The molecule has 2 atom stereocenters. The van der Waals surface area contributed by atoms with Gasteiger partial charge < -0.3 is 16.0 Å². The molecule has 1 saturated carbocycles. The largest absolute Gasteiger partial charge is 0.338 e. The lowest BCUT2D eigenvalue weighted by molar-refractivity contribution is 0.215. The van der Waals surface area contributed by atoms with E-state index >= 15 is 0 Å². The number of amides is 2. The van der Waals surface area contributed by atoms with Gasteiger partial charge in [0.25, 0.3) is 0 Å². The quantitative estimate of drug-likeness (QED) is 0.718. The normalized spacial score (nSPS) is 31.2. The van der Waals surface area contributed by atoms with Gasteiger partial charge in [-0.25, -0.2) is 4.79 Å². The standard InChI is InChI=1S/C14H27N3O/c1-4-13(2,3)17-12(18)16-10-14-7-5-6-11(14)15-9-8-14/h11,15H,4-10H2,1-3H3,(H2,16,17,18)/t11-,14-/m1/s1. The molecule has 1 aliphatic carbocycles. The number of hydrogen-bond donors (Lipinski definition) is 3. The molecule has 0 unspecified atom stereocenters. The van der Waals surface area contributed by atoms with Crippen molar-refractivity contribution >= 4 is 6.03 Å². The highest BCUT2D eigenvalue weighted by Crippen LogP contribution is 2.43. The average molecular weight is 253 g/mol. The Hall–Kier alpha value is -0.770. The lowest BCUT2D eigenvalue weighted by Crippen LogP contribution is -2.51. The van der Waals surface area contributed by atoms with E-state index in [1.165, 1.54) is 25.7 Å². The maximum atomic E-state index is 11.9. The van der Waals surface area contributed by atoms with Crippen molar-refractivity contribution in [2.24, 2.45) is 5.41 Å². The molecule has 2 fully saturated rings. The van der Waals surface area contributed by atoms with Crippen LogP contribution in [-0.2, 0) is 0 Å². The Bertz CT molecular complexity index is 304.